The number of fused-ring (bicyclic) bond motifs is 2. The maximum Gasteiger partial charge on any atom is 0.134 e. The van der Waals surface area contributed by atoms with Gasteiger partial charge in [-0.25, -0.2) is 4.98 Å². The summed E-state index contributed by atoms with van der Waals surface area (Å²) < 4.78 is 1.04. The number of hydrogen-bond acceptors (Lipinski definition) is 3. The first-order valence-corrected chi connectivity index (χ1v) is 8.68. The number of halogens is 1. The van der Waals surface area contributed by atoms with Gasteiger partial charge < -0.3 is 10.6 Å². The summed E-state index contributed by atoms with van der Waals surface area (Å²) >= 11 is 3.52. The second kappa shape index (κ2) is 5.85. The van der Waals surface area contributed by atoms with Crippen LogP contribution in [0.3, 0.4) is 0 Å². The maximum absolute atomic E-state index is 6.48. The Morgan fingerprint density at radius 1 is 1.13 bits per heavy atom. The molecule has 2 N–H and O–H groups in total. The molecule has 1 aliphatic heterocycles. The predicted molar refractivity (Wildman–Crippen MR) is 99.7 cm³/mol. The van der Waals surface area contributed by atoms with Crippen LogP contribution in [0.2, 0.25) is 0 Å². The number of aromatic nitrogens is 1. The Hall–Kier alpha value is -2.07. The molecular formula is C19H18BrN3. The third kappa shape index (κ3) is 2.68. The van der Waals surface area contributed by atoms with Crippen LogP contribution in [-0.2, 0) is 13.0 Å². The summed E-state index contributed by atoms with van der Waals surface area (Å²) in [6, 6.07) is 16.7. The van der Waals surface area contributed by atoms with E-state index in [9.17, 15) is 0 Å². The van der Waals surface area contributed by atoms with Crippen LogP contribution in [0.4, 0.5) is 11.5 Å². The monoisotopic (exact) mass is 367 g/mol. The smallest absolute Gasteiger partial charge is 0.134 e. The van der Waals surface area contributed by atoms with Gasteiger partial charge >= 0.3 is 0 Å². The normalized spacial score (nSPS) is 14.0. The lowest BCUT2D eigenvalue weighted by Gasteiger charge is -2.31. The lowest BCUT2D eigenvalue weighted by Crippen LogP contribution is -2.30. The summed E-state index contributed by atoms with van der Waals surface area (Å²) in [7, 11) is 0. The lowest BCUT2D eigenvalue weighted by atomic mass is 10.00. The molecule has 2 heterocycles. The van der Waals surface area contributed by atoms with Crippen molar-refractivity contribution in [2.24, 2.45) is 0 Å². The topological polar surface area (TPSA) is 42.1 Å². The Morgan fingerprint density at radius 2 is 1.96 bits per heavy atom. The zero-order valence-electron chi connectivity index (χ0n) is 12.8. The maximum atomic E-state index is 6.48. The van der Waals surface area contributed by atoms with E-state index < -0.39 is 0 Å². The predicted octanol–water partition coefficient (Wildman–Crippen LogP) is 4.53. The van der Waals surface area contributed by atoms with Gasteiger partial charge in [-0.3, -0.25) is 0 Å². The summed E-state index contributed by atoms with van der Waals surface area (Å²) in [5.74, 6) is 1.05. The number of hydrogen-bond donors (Lipinski definition) is 1. The zero-order chi connectivity index (χ0) is 15.8. The average Bonchev–Trinajstić information content (AvgIpc) is 2.57. The quantitative estimate of drug-likeness (QED) is 0.723. The van der Waals surface area contributed by atoms with Gasteiger partial charge in [-0.1, -0.05) is 46.3 Å². The third-order valence-corrected chi connectivity index (χ3v) is 4.93. The molecular weight excluding hydrogens is 350 g/mol. The fraction of sp³-hybridized carbons (Fsp3) is 0.211. The van der Waals surface area contributed by atoms with Crippen LogP contribution in [0.5, 0.6) is 0 Å². The van der Waals surface area contributed by atoms with E-state index in [2.05, 4.69) is 57.2 Å². The first kappa shape index (κ1) is 14.5. The van der Waals surface area contributed by atoms with E-state index in [1.54, 1.807) is 0 Å². The van der Waals surface area contributed by atoms with Crippen LogP contribution in [-0.4, -0.2) is 11.5 Å². The van der Waals surface area contributed by atoms with Gasteiger partial charge in [0.05, 0.1) is 5.52 Å². The molecule has 0 saturated heterocycles. The number of benzene rings is 2. The third-order valence-electron chi connectivity index (χ3n) is 4.44. The molecule has 4 rings (SSSR count). The molecule has 0 fully saturated rings. The minimum atomic E-state index is 0.877. The van der Waals surface area contributed by atoms with Crippen molar-refractivity contribution in [2.45, 2.75) is 19.4 Å². The van der Waals surface area contributed by atoms with E-state index in [-0.39, 0.29) is 0 Å². The van der Waals surface area contributed by atoms with Crippen LogP contribution in [0.15, 0.2) is 53.0 Å². The Kier molecular flexibility index (Phi) is 3.69. The van der Waals surface area contributed by atoms with Crippen molar-refractivity contribution < 1.29 is 0 Å². The van der Waals surface area contributed by atoms with Crippen molar-refractivity contribution in [1.29, 1.82) is 0 Å². The highest BCUT2D eigenvalue weighted by Crippen LogP contribution is 2.36. The zero-order valence-corrected chi connectivity index (χ0v) is 14.4. The van der Waals surface area contributed by atoms with Gasteiger partial charge in [-0.2, -0.15) is 0 Å². The lowest BCUT2D eigenvalue weighted by molar-refractivity contribution is 0.682. The minimum Gasteiger partial charge on any atom is -0.398 e. The van der Waals surface area contributed by atoms with E-state index in [4.69, 9.17) is 10.7 Å². The van der Waals surface area contributed by atoms with E-state index in [0.29, 0.717) is 0 Å². The molecule has 0 bridgehead atoms. The number of nitrogens with zero attached hydrogens (tertiary/aromatic N) is 2. The molecule has 1 aromatic heterocycles. The molecule has 0 aliphatic carbocycles. The SMILES string of the molecule is Nc1c2c(nc3ccc(Br)cc13)N(Cc1ccccc1)CCC2. The number of nitrogen functional groups attached to an aromatic ring is 1. The van der Waals surface area contributed by atoms with Gasteiger partial charge in [0.25, 0.3) is 0 Å². The van der Waals surface area contributed by atoms with E-state index in [1.807, 2.05) is 12.1 Å². The average molecular weight is 368 g/mol. The summed E-state index contributed by atoms with van der Waals surface area (Å²) in [6.07, 6.45) is 2.12. The molecule has 0 spiro atoms. The van der Waals surface area contributed by atoms with Crippen molar-refractivity contribution >= 4 is 38.3 Å². The second-order valence-electron chi connectivity index (χ2n) is 6.00. The molecule has 0 unspecified atom stereocenters. The van der Waals surface area contributed by atoms with Crippen molar-refractivity contribution in [3.05, 3.63) is 64.1 Å². The van der Waals surface area contributed by atoms with Crippen LogP contribution < -0.4 is 10.6 Å². The van der Waals surface area contributed by atoms with Crippen molar-refractivity contribution in [2.75, 3.05) is 17.2 Å². The van der Waals surface area contributed by atoms with Gasteiger partial charge in [-0.05, 0) is 36.6 Å². The van der Waals surface area contributed by atoms with Gasteiger partial charge in [0.15, 0.2) is 0 Å². The molecule has 3 nitrogen and oxygen atoms in total. The second-order valence-corrected chi connectivity index (χ2v) is 6.92. The molecule has 2 aromatic carbocycles. The Bertz CT molecular complexity index is 861. The van der Waals surface area contributed by atoms with Crippen LogP contribution in [0.25, 0.3) is 10.9 Å². The highest BCUT2D eigenvalue weighted by atomic mass is 79.9. The van der Waals surface area contributed by atoms with E-state index >= 15 is 0 Å². The fourth-order valence-electron chi connectivity index (χ4n) is 3.30. The highest BCUT2D eigenvalue weighted by molar-refractivity contribution is 9.10. The first-order valence-electron chi connectivity index (χ1n) is 7.89. The van der Waals surface area contributed by atoms with E-state index in [0.717, 1.165) is 52.8 Å². The summed E-state index contributed by atoms with van der Waals surface area (Å²) in [5, 5.41) is 1.04. The number of anilines is 2. The van der Waals surface area contributed by atoms with Gasteiger partial charge in [-0.15, -0.1) is 0 Å². The highest BCUT2D eigenvalue weighted by Gasteiger charge is 2.22. The first-order chi connectivity index (χ1) is 11.2. The Labute approximate surface area is 144 Å². The fourth-order valence-corrected chi connectivity index (χ4v) is 3.67. The molecule has 0 atom stereocenters. The van der Waals surface area contributed by atoms with Crippen LogP contribution in [0, 0.1) is 0 Å². The van der Waals surface area contributed by atoms with Crippen LogP contribution in [0.1, 0.15) is 17.5 Å². The van der Waals surface area contributed by atoms with E-state index in [1.165, 1.54) is 11.1 Å². The molecule has 0 radical (unpaired) electrons. The van der Waals surface area contributed by atoms with Gasteiger partial charge in [0.1, 0.15) is 5.82 Å². The summed E-state index contributed by atoms with van der Waals surface area (Å²) in [4.78, 5) is 7.27. The standard InChI is InChI=1S/C19H18BrN3/c20-14-8-9-17-16(11-14)18(21)15-7-4-10-23(19(15)22-17)12-13-5-2-1-3-6-13/h1-3,5-6,8-9,11H,4,7,10,12H2,(H2,21,22). The Morgan fingerprint density at radius 3 is 2.78 bits per heavy atom. The summed E-state index contributed by atoms with van der Waals surface area (Å²) in [5.41, 5.74) is 10.8. The number of rotatable bonds is 2. The molecule has 1 aliphatic rings. The number of nitrogens with two attached hydrogens (primary N) is 1. The minimum absolute atomic E-state index is 0.877. The molecule has 0 amide bonds. The molecule has 23 heavy (non-hydrogen) atoms. The van der Waals surface area contributed by atoms with Gasteiger partial charge in [0, 0.05) is 34.2 Å². The van der Waals surface area contributed by atoms with Crippen molar-refractivity contribution in [3.63, 3.8) is 0 Å². The van der Waals surface area contributed by atoms with Gasteiger partial charge in [0.2, 0.25) is 0 Å². The molecule has 3 aromatic rings. The molecule has 116 valence electrons. The summed E-state index contributed by atoms with van der Waals surface area (Å²) in [6.45, 7) is 1.90. The molecule has 4 heteroatoms. The van der Waals surface area contributed by atoms with Crippen LogP contribution >= 0.6 is 15.9 Å². The Balaban J connectivity index is 1.81. The van der Waals surface area contributed by atoms with Crippen molar-refractivity contribution in [3.8, 4) is 0 Å². The molecule has 0 saturated carbocycles. The van der Waals surface area contributed by atoms with Crippen molar-refractivity contribution in [1.82, 2.24) is 4.98 Å². The number of pyridine rings is 1. The largest absolute Gasteiger partial charge is 0.398 e.